The van der Waals surface area contributed by atoms with E-state index < -0.39 is 40.8 Å². The predicted octanol–water partition coefficient (Wildman–Crippen LogP) is 5.27. The van der Waals surface area contributed by atoms with Gasteiger partial charge in [-0.3, -0.25) is 0 Å². The predicted molar refractivity (Wildman–Crippen MR) is 98.7 cm³/mol. The zero-order chi connectivity index (χ0) is 22.4. The van der Waals surface area contributed by atoms with Crippen molar-refractivity contribution in [3.8, 4) is 0 Å². The van der Waals surface area contributed by atoms with Crippen LogP contribution in [0.15, 0.2) is 65.8 Å². The van der Waals surface area contributed by atoms with Crippen molar-refractivity contribution >= 4 is 24.0 Å². The van der Waals surface area contributed by atoms with Crippen molar-refractivity contribution < 1.29 is 36.0 Å². The van der Waals surface area contributed by atoms with Gasteiger partial charge in [0.1, 0.15) is 0 Å². The Hall–Kier alpha value is -3.56. The van der Waals surface area contributed by atoms with E-state index in [4.69, 9.17) is 5.73 Å². The van der Waals surface area contributed by atoms with Crippen LogP contribution in [0.25, 0.3) is 12.2 Å². The van der Waals surface area contributed by atoms with Crippen LogP contribution in [-0.4, -0.2) is 11.8 Å². The molecule has 2 aromatic rings. The van der Waals surface area contributed by atoms with Crippen LogP contribution in [0, 0.1) is 0 Å². The summed E-state index contributed by atoms with van der Waals surface area (Å²) in [7, 11) is 0. The first-order chi connectivity index (χ1) is 13.9. The van der Waals surface area contributed by atoms with Crippen LogP contribution in [0.3, 0.4) is 0 Å². The average molecular weight is 428 g/mol. The Morgan fingerprint density at radius 1 is 0.833 bits per heavy atom. The van der Waals surface area contributed by atoms with E-state index in [0.29, 0.717) is 12.1 Å². The summed E-state index contributed by atoms with van der Waals surface area (Å²) in [6, 6.07) is 9.81. The Kier molecular flexibility index (Phi) is 7.04. The molecule has 0 saturated carbocycles. The van der Waals surface area contributed by atoms with Crippen molar-refractivity contribution in [2.45, 2.75) is 12.4 Å². The Morgan fingerprint density at radius 3 is 1.90 bits per heavy atom. The van der Waals surface area contributed by atoms with Gasteiger partial charge in [0, 0.05) is 6.08 Å². The minimum Gasteiger partial charge on any atom is -0.381 e. The van der Waals surface area contributed by atoms with Crippen molar-refractivity contribution in [2.75, 3.05) is 0 Å². The number of nitrogens with zero attached hydrogens (tertiary/aromatic N) is 1. The molecule has 0 aliphatic carbocycles. The number of oxime groups is 1. The first-order valence-electron chi connectivity index (χ1n) is 8.20. The summed E-state index contributed by atoms with van der Waals surface area (Å²) in [4.78, 5) is 16.1. The van der Waals surface area contributed by atoms with E-state index in [-0.39, 0.29) is 6.07 Å². The van der Waals surface area contributed by atoms with Gasteiger partial charge in [-0.05, 0) is 41.5 Å². The van der Waals surface area contributed by atoms with Crippen molar-refractivity contribution in [1.82, 2.24) is 0 Å². The van der Waals surface area contributed by atoms with Gasteiger partial charge >= 0.3 is 18.3 Å². The number of halogens is 6. The SMILES string of the molecule is N/C(C=Cc1cc(C(F)(F)F)cc(C(F)(F)F)c1)=N\OC(=O)C=Cc1ccccc1. The highest BCUT2D eigenvalue weighted by atomic mass is 19.4. The second kappa shape index (κ2) is 9.29. The molecule has 0 aliphatic heterocycles. The van der Waals surface area contributed by atoms with Crippen molar-refractivity contribution in [3.63, 3.8) is 0 Å². The number of benzene rings is 2. The highest BCUT2D eigenvalue weighted by Crippen LogP contribution is 2.36. The number of carbonyl (C=O) groups is 1. The number of carbonyl (C=O) groups excluding carboxylic acids is 1. The van der Waals surface area contributed by atoms with Gasteiger partial charge in [-0.2, -0.15) is 26.3 Å². The van der Waals surface area contributed by atoms with Gasteiger partial charge in [0.15, 0.2) is 5.84 Å². The monoisotopic (exact) mass is 428 g/mol. The van der Waals surface area contributed by atoms with Crippen LogP contribution < -0.4 is 5.73 Å². The highest BCUT2D eigenvalue weighted by Gasteiger charge is 2.36. The fourth-order valence-corrected chi connectivity index (χ4v) is 2.14. The highest BCUT2D eigenvalue weighted by molar-refractivity contribution is 5.95. The molecule has 0 unspecified atom stereocenters. The van der Waals surface area contributed by atoms with Crippen LogP contribution >= 0.6 is 0 Å². The minimum absolute atomic E-state index is 0.00956. The van der Waals surface area contributed by atoms with E-state index in [1.807, 2.05) is 0 Å². The summed E-state index contributed by atoms with van der Waals surface area (Å²) in [5, 5.41) is 3.26. The molecule has 158 valence electrons. The number of hydrogen-bond acceptors (Lipinski definition) is 3. The molecule has 4 nitrogen and oxygen atoms in total. The van der Waals surface area contributed by atoms with E-state index in [1.165, 1.54) is 6.08 Å². The summed E-state index contributed by atoms with van der Waals surface area (Å²) in [5.41, 5.74) is 2.81. The third-order valence-electron chi connectivity index (χ3n) is 3.51. The number of amidine groups is 1. The second-order valence-electron chi connectivity index (χ2n) is 5.84. The van der Waals surface area contributed by atoms with E-state index in [0.717, 1.165) is 23.8 Å². The molecule has 0 atom stereocenters. The zero-order valence-corrected chi connectivity index (χ0v) is 15.0. The zero-order valence-electron chi connectivity index (χ0n) is 15.0. The third-order valence-corrected chi connectivity index (χ3v) is 3.51. The maximum absolute atomic E-state index is 12.8. The van der Waals surface area contributed by atoms with Crippen LogP contribution in [-0.2, 0) is 22.0 Å². The summed E-state index contributed by atoms with van der Waals surface area (Å²) >= 11 is 0. The van der Waals surface area contributed by atoms with Crippen LogP contribution in [0.1, 0.15) is 22.3 Å². The quantitative estimate of drug-likeness (QED) is 0.176. The lowest BCUT2D eigenvalue weighted by atomic mass is 10.0. The largest absolute Gasteiger partial charge is 0.416 e. The summed E-state index contributed by atoms with van der Waals surface area (Å²) < 4.78 is 77.0. The molecule has 0 bridgehead atoms. The molecular formula is C20H14F6N2O2. The van der Waals surface area contributed by atoms with Gasteiger partial charge in [0.05, 0.1) is 11.1 Å². The Morgan fingerprint density at radius 2 is 1.37 bits per heavy atom. The molecule has 0 fully saturated rings. The molecule has 30 heavy (non-hydrogen) atoms. The van der Waals surface area contributed by atoms with Gasteiger partial charge < -0.3 is 10.6 Å². The number of alkyl halides is 6. The fourth-order valence-electron chi connectivity index (χ4n) is 2.14. The van der Waals surface area contributed by atoms with Crippen LogP contribution in [0.5, 0.6) is 0 Å². The fraction of sp³-hybridized carbons (Fsp3) is 0.100. The second-order valence-corrected chi connectivity index (χ2v) is 5.84. The topological polar surface area (TPSA) is 64.7 Å². The maximum atomic E-state index is 12.8. The first kappa shape index (κ1) is 22.7. The summed E-state index contributed by atoms with van der Waals surface area (Å²) in [5.74, 6) is -1.32. The lowest BCUT2D eigenvalue weighted by Crippen LogP contribution is -2.11. The molecule has 0 saturated heterocycles. The van der Waals surface area contributed by atoms with E-state index in [2.05, 4.69) is 9.99 Å². The van der Waals surface area contributed by atoms with Crippen molar-refractivity contribution in [2.24, 2.45) is 10.9 Å². The normalized spacial score (nSPS) is 13.2. The standard InChI is InChI=1S/C20H14F6N2O2/c21-19(22,23)15-10-14(11-16(12-15)20(24,25)26)6-8-17(27)28-30-18(29)9-7-13-4-2-1-3-5-13/h1-12H,(H2,27,28). The molecule has 0 aliphatic rings. The van der Waals surface area contributed by atoms with Gasteiger partial charge in [0.2, 0.25) is 0 Å². The van der Waals surface area contributed by atoms with E-state index in [9.17, 15) is 31.1 Å². The van der Waals surface area contributed by atoms with Gasteiger partial charge in [0.25, 0.3) is 0 Å². The van der Waals surface area contributed by atoms with Gasteiger partial charge in [-0.1, -0.05) is 41.6 Å². The third kappa shape index (κ3) is 7.12. The van der Waals surface area contributed by atoms with Gasteiger partial charge in [-0.15, -0.1) is 0 Å². The molecule has 2 rings (SSSR count). The molecular weight excluding hydrogens is 414 g/mol. The molecule has 2 N–H and O–H groups in total. The molecule has 0 spiro atoms. The van der Waals surface area contributed by atoms with Gasteiger partial charge in [-0.25, -0.2) is 4.79 Å². The Labute approximate surface area is 166 Å². The molecule has 0 amide bonds. The summed E-state index contributed by atoms with van der Waals surface area (Å²) in [6.07, 6.45) is -5.63. The molecule has 0 heterocycles. The number of nitrogens with two attached hydrogens (primary N) is 1. The lowest BCUT2D eigenvalue weighted by molar-refractivity contribution is -0.143. The average Bonchev–Trinajstić information content (AvgIpc) is 2.68. The molecule has 10 heteroatoms. The molecule has 2 aromatic carbocycles. The minimum atomic E-state index is -4.97. The number of hydrogen-bond donors (Lipinski definition) is 1. The summed E-state index contributed by atoms with van der Waals surface area (Å²) in [6.45, 7) is 0. The number of rotatable bonds is 5. The maximum Gasteiger partial charge on any atom is 0.416 e. The molecule has 0 radical (unpaired) electrons. The Balaban J connectivity index is 2.12. The van der Waals surface area contributed by atoms with Crippen molar-refractivity contribution in [1.29, 1.82) is 0 Å². The van der Waals surface area contributed by atoms with Crippen LogP contribution in [0.4, 0.5) is 26.3 Å². The smallest absolute Gasteiger partial charge is 0.381 e. The van der Waals surface area contributed by atoms with Crippen LogP contribution in [0.2, 0.25) is 0 Å². The Bertz CT molecular complexity index is 945. The molecule has 0 aromatic heterocycles. The lowest BCUT2D eigenvalue weighted by Gasteiger charge is -2.12. The first-order valence-corrected chi connectivity index (χ1v) is 8.20. The van der Waals surface area contributed by atoms with E-state index >= 15 is 0 Å². The van der Waals surface area contributed by atoms with E-state index in [1.54, 1.807) is 30.3 Å². The van der Waals surface area contributed by atoms with Crippen molar-refractivity contribution in [3.05, 3.63) is 82.9 Å².